The van der Waals surface area contributed by atoms with Crippen molar-refractivity contribution >= 4 is 27.1 Å². The minimum Gasteiger partial charge on any atom is -0.398 e. The molecule has 0 radical (unpaired) electrons. The van der Waals surface area contributed by atoms with Gasteiger partial charge in [-0.3, -0.25) is 0 Å². The molecule has 0 unspecified atom stereocenters. The molecule has 0 saturated heterocycles. The van der Waals surface area contributed by atoms with Gasteiger partial charge >= 0.3 is 0 Å². The lowest BCUT2D eigenvalue weighted by molar-refractivity contribution is 0.595. The molecule has 0 saturated carbocycles. The van der Waals surface area contributed by atoms with E-state index in [0.29, 0.717) is 10.6 Å². The van der Waals surface area contributed by atoms with Crippen LogP contribution in [0.25, 0.3) is 0 Å². The van der Waals surface area contributed by atoms with Crippen LogP contribution < -0.4 is 5.73 Å². The molecule has 6 heteroatoms. The Kier molecular flexibility index (Phi) is 3.78. The van der Waals surface area contributed by atoms with Crippen molar-refractivity contribution < 1.29 is 12.8 Å². The monoisotopic (exact) mass is 299 g/mol. The van der Waals surface area contributed by atoms with Gasteiger partial charge in [-0.15, -0.1) is 0 Å². The van der Waals surface area contributed by atoms with E-state index in [9.17, 15) is 12.8 Å². The van der Waals surface area contributed by atoms with Gasteiger partial charge in [-0.25, -0.2) is 12.8 Å². The van der Waals surface area contributed by atoms with Gasteiger partial charge in [-0.2, -0.15) is 0 Å². The van der Waals surface area contributed by atoms with Crippen LogP contribution in [0.4, 0.5) is 10.1 Å². The molecule has 3 nitrogen and oxygen atoms in total. The van der Waals surface area contributed by atoms with Crippen LogP contribution in [-0.4, -0.2) is 8.42 Å². The van der Waals surface area contributed by atoms with Crippen LogP contribution in [0.5, 0.6) is 0 Å². The second-order valence-corrected chi connectivity index (χ2v) is 6.47. The first-order valence-corrected chi connectivity index (χ1v) is 7.44. The first kappa shape index (κ1) is 13.8. The summed E-state index contributed by atoms with van der Waals surface area (Å²) >= 11 is 5.72. The number of anilines is 1. The fraction of sp³-hybridized carbons (Fsp3) is 0.0769. The van der Waals surface area contributed by atoms with Gasteiger partial charge in [-0.1, -0.05) is 23.7 Å². The van der Waals surface area contributed by atoms with E-state index in [1.807, 2.05) is 0 Å². The number of nitrogen functional groups attached to an aromatic ring is 1. The Morgan fingerprint density at radius 1 is 1.16 bits per heavy atom. The third-order valence-corrected chi connectivity index (χ3v) is 4.54. The lowest BCUT2D eigenvalue weighted by Gasteiger charge is -2.08. The summed E-state index contributed by atoms with van der Waals surface area (Å²) in [6, 6.07) is 9.64. The molecule has 0 spiro atoms. The molecule has 0 aromatic heterocycles. The van der Waals surface area contributed by atoms with Gasteiger partial charge in [0.2, 0.25) is 0 Å². The summed E-state index contributed by atoms with van der Waals surface area (Å²) in [6.45, 7) is 0. The number of hydrogen-bond donors (Lipinski definition) is 1. The maximum atomic E-state index is 13.0. The minimum absolute atomic E-state index is 0.00108. The van der Waals surface area contributed by atoms with Crippen LogP contribution in [0.15, 0.2) is 47.4 Å². The molecule has 2 rings (SSSR count). The van der Waals surface area contributed by atoms with Gasteiger partial charge in [0.05, 0.1) is 16.3 Å². The van der Waals surface area contributed by atoms with Crippen LogP contribution in [-0.2, 0) is 15.6 Å². The number of sulfone groups is 1. The summed E-state index contributed by atoms with van der Waals surface area (Å²) in [5.74, 6) is -0.784. The van der Waals surface area contributed by atoms with Crippen LogP contribution in [0.1, 0.15) is 5.56 Å². The third kappa shape index (κ3) is 3.24. The Hall–Kier alpha value is -1.59. The van der Waals surface area contributed by atoms with Crippen molar-refractivity contribution in [1.82, 2.24) is 0 Å². The van der Waals surface area contributed by atoms with E-state index < -0.39 is 15.7 Å². The van der Waals surface area contributed by atoms with E-state index in [4.69, 9.17) is 17.3 Å². The van der Waals surface area contributed by atoms with Crippen molar-refractivity contribution in [2.75, 3.05) is 5.73 Å². The van der Waals surface area contributed by atoms with Crippen LogP contribution in [0.3, 0.4) is 0 Å². The lowest BCUT2D eigenvalue weighted by Crippen LogP contribution is -2.08. The van der Waals surface area contributed by atoms with E-state index in [1.54, 1.807) is 6.07 Å². The van der Waals surface area contributed by atoms with Gasteiger partial charge in [0.15, 0.2) is 9.84 Å². The van der Waals surface area contributed by atoms with Crippen molar-refractivity contribution in [3.05, 3.63) is 58.9 Å². The van der Waals surface area contributed by atoms with Crippen molar-refractivity contribution in [1.29, 1.82) is 0 Å². The zero-order valence-corrected chi connectivity index (χ0v) is 11.4. The van der Waals surface area contributed by atoms with Gasteiger partial charge in [0.1, 0.15) is 5.82 Å². The molecule has 0 bridgehead atoms. The summed E-state index contributed by atoms with van der Waals surface area (Å²) in [5.41, 5.74) is 6.11. The van der Waals surface area contributed by atoms with Crippen LogP contribution >= 0.6 is 11.6 Å². The zero-order valence-electron chi connectivity index (χ0n) is 9.81. The van der Waals surface area contributed by atoms with E-state index in [1.165, 1.54) is 36.4 Å². The average Bonchev–Trinajstić information content (AvgIpc) is 2.27. The number of rotatable bonds is 3. The number of benzene rings is 2. The lowest BCUT2D eigenvalue weighted by atomic mass is 10.2. The Bertz CT molecular complexity index is 716. The molecular formula is C13H11ClFNO2S. The van der Waals surface area contributed by atoms with Crippen LogP contribution in [0.2, 0.25) is 5.02 Å². The van der Waals surface area contributed by atoms with Gasteiger partial charge in [-0.05, 0) is 35.9 Å². The molecule has 0 heterocycles. The SMILES string of the molecule is Nc1cc(Cl)ccc1S(=O)(=O)Cc1cccc(F)c1. The molecule has 2 aromatic rings. The topological polar surface area (TPSA) is 60.2 Å². The normalized spacial score (nSPS) is 11.5. The maximum Gasteiger partial charge on any atom is 0.184 e. The summed E-state index contributed by atoms with van der Waals surface area (Å²) in [6.07, 6.45) is 0. The molecule has 0 amide bonds. The van der Waals surface area contributed by atoms with Crippen molar-refractivity contribution in [3.63, 3.8) is 0 Å². The first-order chi connectivity index (χ1) is 8.88. The predicted molar refractivity (Wildman–Crippen MR) is 73.2 cm³/mol. The summed E-state index contributed by atoms with van der Waals surface area (Å²) < 4.78 is 37.4. The smallest absolute Gasteiger partial charge is 0.184 e. The van der Waals surface area contributed by atoms with Gasteiger partial charge in [0.25, 0.3) is 0 Å². The highest BCUT2D eigenvalue weighted by molar-refractivity contribution is 7.90. The molecular weight excluding hydrogens is 289 g/mol. The van der Waals surface area contributed by atoms with E-state index in [2.05, 4.69) is 0 Å². The van der Waals surface area contributed by atoms with Gasteiger partial charge in [0, 0.05) is 5.02 Å². The maximum absolute atomic E-state index is 13.0. The molecule has 0 aliphatic rings. The Labute approximate surface area is 115 Å². The fourth-order valence-electron chi connectivity index (χ4n) is 1.73. The standard InChI is InChI=1S/C13H11ClFNO2S/c14-10-4-5-13(12(16)7-10)19(17,18)8-9-2-1-3-11(15)6-9/h1-7H,8,16H2. The Balaban J connectivity index is 2.38. The first-order valence-electron chi connectivity index (χ1n) is 5.41. The fourth-order valence-corrected chi connectivity index (χ4v) is 3.37. The molecule has 0 atom stereocenters. The summed E-state index contributed by atoms with van der Waals surface area (Å²) in [7, 11) is -3.63. The molecule has 100 valence electrons. The van der Waals surface area contributed by atoms with E-state index >= 15 is 0 Å². The molecule has 2 N–H and O–H groups in total. The zero-order chi connectivity index (χ0) is 14.0. The summed E-state index contributed by atoms with van der Waals surface area (Å²) in [4.78, 5) is 0.00108. The quantitative estimate of drug-likeness (QED) is 0.886. The average molecular weight is 300 g/mol. The highest BCUT2D eigenvalue weighted by Gasteiger charge is 2.18. The summed E-state index contributed by atoms with van der Waals surface area (Å²) in [5, 5.41) is 0.363. The molecule has 2 aromatic carbocycles. The highest BCUT2D eigenvalue weighted by atomic mass is 35.5. The third-order valence-electron chi connectivity index (χ3n) is 2.55. The van der Waals surface area contributed by atoms with Crippen LogP contribution in [0, 0.1) is 5.82 Å². The van der Waals surface area contributed by atoms with Crippen molar-refractivity contribution in [2.24, 2.45) is 0 Å². The highest BCUT2D eigenvalue weighted by Crippen LogP contribution is 2.25. The van der Waals surface area contributed by atoms with Crippen molar-refractivity contribution in [3.8, 4) is 0 Å². The largest absolute Gasteiger partial charge is 0.398 e. The Morgan fingerprint density at radius 3 is 2.53 bits per heavy atom. The second kappa shape index (κ2) is 5.19. The number of nitrogens with two attached hydrogens (primary N) is 1. The van der Waals surface area contributed by atoms with Gasteiger partial charge < -0.3 is 5.73 Å². The van der Waals surface area contributed by atoms with E-state index in [-0.39, 0.29) is 16.3 Å². The Morgan fingerprint density at radius 2 is 1.89 bits per heavy atom. The van der Waals surface area contributed by atoms with E-state index in [0.717, 1.165) is 0 Å². The predicted octanol–water partition coefficient (Wildman–Crippen LogP) is 3.04. The molecule has 0 aliphatic heterocycles. The second-order valence-electron chi connectivity index (χ2n) is 4.07. The molecule has 0 fully saturated rings. The number of hydrogen-bond acceptors (Lipinski definition) is 3. The molecule has 0 aliphatic carbocycles. The van der Waals surface area contributed by atoms with Crippen molar-refractivity contribution in [2.45, 2.75) is 10.6 Å². The number of halogens is 2. The molecule has 19 heavy (non-hydrogen) atoms. The minimum atomic E-state index is -3.63.